The van der Waals surface area contributed by atoms with Gasteiger partial charge in [0.1, 0.15) is 17.7 Å². The predicted octanol–water partition coefficient (Wildman–Crippen LogP) is 1.13. The van der Waals surface area contributed by atoms with E-state index in [9.17, 15) is 22.8 Å². The fraction of sp³-hybridized carbons (Fsp3) is 0.846. The van der Waals surface area contributed by atoms with E-state index in [1.54, 1.807) is 20.8 Å². The molecule has 0 saturated heterocycles. The zero-order chi connectivity index (χ0) is 17.6. The summed E-state index contributed by atoms with van der Waals surface area (Å²) in [5.74, 6) is -1.51. The summed E-state index contributed by atoms with van der Waals surface area (Å²) in [6.07, 6.45) is -5.01. The van der Waals surface area contributed by atoms with E-state index in [0.717, 1.165) is 7.11 Å². The standard InChI is InChI=1S/C13H23F3N2O4/c1-12(2,3)22-10(19)6-5-8(11(20)21-4)18-9(7-17)13(14,15)16/h8-9,18H,5-7,17H2,1-4H3. The molecule has 0 aromatic heterocycles. The van der Waals surface area contributed by atoms with Crippen LogP contribution < -0.4 is 11.1 Å². The van der Waals surface area contributed by atoms with Crippen molar-refractivity contribution in [3.05, 3.63) is 0 Å². The molecule has 3 N–H and O–H groups in total. The van der Waals surface area contributed by atoms with Crippen molar-refractivity contribution in [2.75, 3.05) is 13.7 Å². The van der Waals surface area contributed by atoms with Crippen LogP contribution in [0.3, 0.4) is 0 Å². The van der Waals surface area contributed by atoms with Crippen LogP contribution in [0.5, 0.6) is 0 Å². The lowest BCUT2D eigenvalue weighted by molar-refractivity contribution is -0.161. The number of rotatable bonds is 7. The third kappa shape index (κ3) is 8.18. The first kappa shape index (κ1) is 20.6. The minimum atomic E-state index is -4.60. The Labute approximate surface area is 127 Å². The summed E-state index contributed by atoms with van der Waals surface area (Å²) in [5.41, 5.74) is 4.35. The van der Waals surface area contributed by atoms with Gasteiger partial charge < -0.3 is 15.2 Å². The van der Waals surface area contributed by atoms with Gasteiger partial charge in [0.15, 0.2) is 0 Å². The van der Waals surface area contributed by atoms with Crippen molar-refractivity contribution >= 4 is 11.9 Å². The second-order valence-corrected chi connectivity index (χ2v) is 5.70. The van der Waals surface area contributed by atoms with Gasteiger partial charge in [-0.25, -0.2) is 0 Å². The van der Waals surface area contributed by atoms with Crippen molar-refractivity contribution in [3.8, 4) is 0 Å². The molecule has 0 aliphatic heterocycles. The lowest BCUT2D eigenvalue weighted by atomic mass is 10.1. The quantitative estimate of drug-likeness (QED) is 0.681. The molecule has 2 atom stereocenters. The summed E-state index contributed by atoms with van der Waals surface area (Å²) in [6, 6.07) is -3.36. The van der Waals surface area contributed by atoms with E-state index in [-0.39, 0.29) is 12.8 Å². The smallest absolute Gasteiger partial charge is 0.405 e. The van der Waals surface area contributed by atoms with Crippen molar-refractivity contribution in [2.45, 2.75) is 57.5 Å². The van der Waals surface area contributed by atoms with Gasteiger partial charge in [-0.3, -0.25) is 14.9 Å². The highest BCUT2D eigenvalue weighted by Crippen LogP contribution is 2.20. The van der Waals surface area contributed by atoms with Gasteiger partial charge in [-0.1, -0.05) is 0 Å². The van der Waals surface area contributed by atoms with E-state index in [1.165, 1.54) is 0 Å². The van der Waals surface area contributed by atoms with E-state index >= 15 is 0 Å². The van der Waals surface area contributed by atoms with Crippen molar-refractivity contribution < 1.29 is 32.2 Å². The average Bonchev–Trinajstić information content (AvgIpc) is 2.34. The first-order valence-electron chi connectivity index (χ1n) is 6.73. The molecule has 0 bridgehead atoms. The molecule has 0 saturated carbocycles. The number of methoxy groups -OCH3 is 1. The van der Waals surface area contributed by atoms with Gasteiger partial charge in [0, 0.05) is 13.0 Å². The number of alkyl halides is 3. The van der Waals surface area contributed by atoms with Crippen molar-refractivity contribution in [1.29, 1.82) is 0 Å². The molecule has 130 valence electrons. The van der Waals surface area contributed by atoms with Gasteiger partial charge in [0.05, 0.1) is 7.11 Å². The average molecular weight is 328 g/mol. The highest BCUT2D eigenvalue weighted by Gasteiger charge is 2.41. The Kier molecular flexibility index (Phi) is 7.82. The first-order valence-corrected chi connectivity index (χ1v) is 6.73. The van der Waals surface area contributed by atoms with Gasteiger partial charge in [-0.15, -0.1) is 0 Å². The number of hydrogen-bond acceptors (Lipinski definition) is 6. The maximum Gasteiger partial charge on any atom is 0.405 e. The summed E-state index contributed by atoms with van der Waals surface area (Å²) in [7, 11) is 1.05. The fourth-order valence-electron chi connectivity index (χ4n) is 1.61. The second-order valence-electron chi connectivity index (χ2n) is 5.70. The summed E-state index contributed by atoms with van der Waals surface area (Å²) < 4.78 is 47.5. The summed E-state index contributed by atoms with van der Waals surface area (Å²) in [6.45, 7) is 4.25. The molecule has 0 rings (SSSR count). The third-order valence-corrected chi connectivity index (χ3v) is 2.58. The van der Waals surface area contributed by atoms with Crippen LogP contribution in [0.1, 0.15) is 33.6 Å². The van der Waals surface area contributed by atoms with Gasteiger partial charge in [0.25, 0.3) is 0 Å². The largest absolute Gasteiger partial charge is 0.468 e. The van der Waals surface area contributed by atoms with Crippen LogP contribution in [0.4, 0.5) is 13.2 Å². The number of esters is 2. The van der Waals surface area contributed by atoms with Crippen LogP contribution in [0.2, 0.25) is 0 Å². The summed E-state index contributed by atoms with van der Waals surface area (Å²) in [5, 5.41) is 2.08. The number of ether oxygens (including phenoxy) is 2. The van der Waals surface area contributed by atoms with Crippen LogP contribution >= 0.6 is 0 Å². The molecular weight excluding hydrogens is 305 g/mol. The minimum absolute atomic E-state index is 0.186. The number of carbonyl (C=O) groups is 2. The minimum Gasteiger partial charge on any atom is -0.468 e. The lowest BCUT2D eigenvalue weighted by Crippen LogP contribution is -2.54. The number of hydrogen-bond donors (Lipinski definition) is 2. The maximum atomic E-state index is 12.7. The number of nitrogens with one attached hydrogen (secondary N) is 1. The topological polar surface area (TPSA) is 90.7 Å². The van der Waals surface area contributed by atoms with Crippen LogP contribution in [0, 0.1) is 0 Å². The van der Waals surface area contributed by atoms with E-state index in [4.69, 9.17) is 10.5 Å². The molecule has 0 aromatic carbocycles. The summed E-state index contributed by atoms with van der Waals surface area (Å²) >= 11 is 0. The number of nitrogens with two attached hydrogens (primary N) is 1. The van der Waals surface area contributed by atoms with E-state index < -0.39 is 42.3 Å². The molecule has 0 aromatic rings. The van der Waals surface area contributed by atoms with Crippen LogP contribution in [0.15, 0.2) is 0 Å². The second kappa shape index (κ2) is 8.33. The van der Waals surface area contributed by atoms with Crippen molar-refractivity contribution in [2.24, 2.45) is 5.73 Å². The lowest BCUT2D eigenvalue weighted by Gasteiger charge is -2.25. The van der Waals surface area contributed by atoms with Gasteiger partial charge in [0.2, 0.25) is 0 Å². The molecule has 0 fully saturated rings. The molecule has 22 heavy (non-hydrogen) atoms. The zero-order valence-electron chi connectivity index (χ0n) is 13.1. The van der Waals surface area contributed by atoms with E-state index in [2.05, 4.69) is 10.1 Å². The monoisotopic (exact) mass is 328 g/mol. The Bertz CT molecular complexity index is 380. The number of halogens is 3. The predicted molar refractivity (Wildman–Crippen MR) is 72.9 cm³/mol. The first-order chi connectivity index (χ1) is 9.90. The summed E-state index contributed by atoms with van der Waals surface area (Å²) in [4.78, 5) is 23.1. The highest BCUT2D eigenvalue weighted by molar-refractivity contribution is 5.77. The molecule has 9 heteroatoms. The molecule has 6 nitrogen and oxygen atoms in total. The van der Waals surface area contributed by atoms with Crippen LogP contribution in [-0.2, 0) is 19.1 Å². The van der Waals surface area contributed by atoms with Gasteiger partial charge in [-0.2, -0.15) is 13.2 Å². The van der Waals surface area contributed by atoms with Crippen LogP contribution in [-0.4, -0.2) is 49.5 Å². The Hall–Kier alpha value is -1.35. The normalized spacial score (nSPS) is 15.1. The molecule has 0 radical (unpaired) electrons. The Morgan fingerprint density at radius 3 is 2.14 bits per heavy atom. The van der Waals surface area contributed by atoms with E-state index in [0.29, 0.717) is 0 Å². The molecule has 0 aliphatic rings. The van der Waals surface area contributed by atoms with Gasteiger partial charge in [-0.05, 0) is 27.2 Å². The molecule has 0 heterocycles. The Balaban J connectivity index is 4.73. The third-order valence-electron chi connectivity index (χ3n) is 2.58. The fourth-order valence-corrected chi connectivity index (χ4v) is 1.61. The molecule has 0 aliphatic carbocycles. The van der Waals surface area contributed by atoms with Crippen molar-refractivity contribution in [3.63, 3.8) is 0 Å². The molecule has 2 unspecified atom stereocenters. The number of carbonyl (C=O) groups excluding carboxylic acids is 2. The highest BCUT2D eigenvalue weighted by atomic mass is 19.4. The van der Waals surface area contributed by atoms with E-state index in [1.807, 2.05) is 0 Å². The molecular formula is C13H23F3N2O4. The Morgan fingerprint density at radius 1 is 1.23 bits per heavy atom. The molecule has 0 spiro atoms. The SMILES string of the molecule is COC(=O)C(CCC(=O)OC(C)(C)C)NC(CN)C(F)(F)F. The van der Waals surface area contributed by atoms with Gasteiger partial charge >= 0.3 is 18.1 Å². The van der Waals surface area contributed by atoms with Crippen molar-refractivity contribution in [1.82, 2.24) is 5.32 Å². The van der Waals surface area contributed by atoms with Crippen LogP contribution in [0.25, 0.3) is 0 Å². The Morgan fingerprint density at radius 2 is 1.77 bits per heavy atom. The molecule has 0 amide bonds. The zero-order valence-corrected chi connectivity index (χ0v) is 13.1. The maximum absolute atomic E-state index is 12.7.